The highest BCUT2D eigenvalue weighted by Gasteiger charge is 2.21. The van der Waals surface area contributed by atoms with Crippen molar-refractivity contribution in [3.8, 4) is 28.0 Å². The van der Waals surface area contributed by atoms with Gasteiger partial charge in [-0.05, 0) is 41.3 Å². The maximum absolute atomic E-state index is 14.4. The fourth-order valence-electron chi connectivity index (χ4n) is 3.92. The second-order valence-corrected chi connectivity index (χ2v) is 9.18. The Morgan fingerprint density at radius 2 is 1.39 bits per heavy atom. The van der Waals surface area contributed by atoms with Crippen LogP contribution in [0.25, 0.3) is 22.3 Å². The van der Waals surface area contributed by atoms with Gasteiger partial charge in [0.25, 0.3) is 0 Å². The number of hydrogen-bond acceptors (Lipinski definition) is 1. The van der Waals surface area contributed by atoms with Gasteiger partial charge in [-0.25, -0.2) is 4.39 Å². The second-order valence-electron chi connectivity index (χ2n) is 7.66. The van der Waals surface area contributed by atoms with Gasteiger partial charge in [0.1, 0.15) is 11.6 Å². The average Bonchev–Trinajstić information content (AvgIpc) is 2.81. The predicted octanol–water partition coefficient (Wildman–Crippen LogP) is 7.71. The topological polar surface area (TPSA) is 20.2 Å². The molecule has 0 heterocycles. The van der Waals surface area contributed by atoms with Gasteiger partial charge in [0.2, 0.25) is 0 Å². The van der Waals surface area contributed by atoms with Gasteiger partial charge in [-0.1, -0.05) is 101 Å². The van der Waals surface area contributed by atoms with E-state index in [0.717, 1.165) is 40.7 Å². The predicted molar refractivity (Wildman–Crippen MR) is 131 cm³/mol. The fourth-order valence-corrected chi connectivity index (χ4v) is 5.52. The average molecular weight is 428 g/mol. The van der Waals surface area contributed by atoms with Gasteiger partial charge >= 0.3 is 0 Å². The molecule has 4 rings (SSSR count). The summed E-state index contributed by atoms with van der Waals surface area (Å²) in [6.45, 7) is 2.13. The van der Waals surface area contributed by atoms with Gasteiger partial charge in [0, 0.05) is 22.1 Å². The first kappa shape index (κ1) is 21.3. The van der Waals surface area contributed by atoms with Crippen molar-refractivity contribution in [3.63, 3.8) is 0 Å². The molecule has 0 amide bonds. The zero-order valence-electron chi connectivity index (χ0n) is 17.6. The Morgan fingerprint density at radius 1 is 0.774 bits per heavy atom. The van der Waals surface area contributed by atoms with Crippen LogP contribution in [0.2, 0.25) is 0 Å². The fraction of sp³-hybridized carbons (Fsp3) is 0.143. The van der Waals surface area contributed by atoms with Crippen LogP contribution in [-0.2, 0) is 0 Å². The molecule has 0 radical (unpaired) electrons. The van der Waals surface area contributed by atoms with Crippen LogP contribution in [0.1, 0.15) is 31.0 Å². The van der Waals surface area contributed by atoms with E-state index in [1.165, 1.54) is 6.07 Å². The number of phenols is 1. The Balaban J connectivity index is 1.87. The molecule has 1 nitrogen and oxygen atoms in total. The van der Waals surface area contributed by atoms with Crippen LogP contribution in [0.5, 0.6) is 5.75 Å². The van der Waals surface area contributed by atoms with Crippen molar-refractivity contribution >= 4 is 13.9 Å². The van der Waals surface area contributed by atoms with Crippen LogP contribution in [0.3, 0.4) is 0 Å². The summed E-state index contributed by atoms with van der Waals surface area (Å²) in [4.78, 5) is 0. The Kier molecular flexibility index (Phi) is 6.79. The highest BCUT2D eigenvalue weighted by molar-refractivity contribution is 7.47. The number of aromatic hydroxyl groups is 1. The minimum absolute atomic E-state index is 0.0491. The first-order valence-electron chi connectivity index (χ1n) is 10.7. The van der Waals surface area contributed by atoms with Crippen molar-refractivity contribution in [2.75, 3.05) is 0 Å². The number of phenolic OH excluding ortho intramolecular Hbond substituents is 1. The van der Waals surface area contributed by atoms with Crippen LogP contribution in [-0.4, -0.2) is 5.11 Å². The van der Waals surface area contributed by atoms with E-state index in [1.54, 1.807) is 6.07 Å². The number of rotatable bonds is 7. The molecule has 0 aromatic heterocycles. The molecule has 0 saturated heterocycles. The third-order valence-corrected chi connectivity index (χ3v) is 7.15. The maximum atomic E-state index is 14.4. The van der Waals surface area contributed by atoms with Gasteiger partial charge in [0.05, 0.1) is 0 Å². The molecule has 2 unspecified atom stereocenters. The van der Waals surface area contributed by atoms with Crippen LogP contribution >= 0.6 is 8.58 Å². The van der Waals surface area contributed by atoms with E-state index in [4.69, 9.17) is 0 Å². The molecule has 0 aliphatic carbocycles. The zero-order chi connectivity index (χ0) is 21.6. The van der Waals surface area contributed by atoms with E-state index in [1.807, 2.05) is 60.7 Å². The van der Waals surface area contributed by atoms with Gasteiger partial charge in [-0.3, -0.25) is 0 Å². The van der Waals surface area contributed by atoms with Crippen LogP contribution in [0, 0.1) is 5.82 Å². The van der Waals surface area contributed by atoms with Gasteiger partial charge in [-0.2, -0.15) is 0 Å². The number of halogens is 1. The summed E-state index contributed by atoms with van der Waals surface area (Å²) < 4.78 is 14.4. The lowest BCUT2D eigenvalue weighted by Crippen LogP contribution is -2.05. The van der Waals surface area contributed by atoms with Gasteiger partial charge in [-0.15, -0.1) is 0 Å². The molecule has 0 fully saturated rings. The molecule has 31 heavy (non-hydrogen) atoms. The van der Waals surface area contributed by atoms with Crippen molar-refractivity contribution in [2.45, 2.75) is 25.4 Å². The van der Waals surface area contributed by atoms with Gasteiger partial charge < -0.3 is 5.11 Å². The van der Waals surface area contributed by atoms with E-state index in [-0.39, 0.29) is 20.1 Å². The summed E-state index contributed by atoms with van der Waals surface area (Å²) in [6, 6.07) is 31.3. The van der Waals surface area contributed by atoms with E-state index < -0.39 is 0 Å². The molecule has 2 atom stereocenters. The highest BCUT2D eigenvalue weighted by Crippen LogP contribution is 2.47. The molecule has 0 bridgehead atoms. The van der Waals surface area contributed by atoms with Gasteiger partial charge in [0.15, 0.2) is 0 Å². The Hall–Kier alpha value is -2.96. The SMILES string of the molecule is CCCC(Pc1ccccc1F)c1cc(-c2ccccc2)cc(-c2ccccc2)c1O. The zero-order valence-corrected chi connectivity index (χ0v) is 18.6. The molecule has 0 aliphatic heterocycles. The summed E-state index contributed by atoms with van der Waals surface area (Å²) in [5, 5.41) is 12.1. The molecule has 0 spiro atoms. The van der Waals surface area contributed by atoms with E-state index in [2.05, 4.69) is 31.2 Å². The second kappa shape index (κ2) is 9.90. The largest absolute Gasteiger partial charge is 0.507 e. The van der Waals surface area contributed by atoms with E-state index in [9.17, 15) is 9.50 Å². The Morgan fingerprint density at radius 3 is 2.03 bits per heavy atom. The molecular weight excluding hydrogens is 402 g/mol. The van der Waals surface area contributed by atoms with Crippen LogP contribution < -0.4 is 5.30 Å². The Labute approximate surface area is 185 Å². The standard InChI is InChI=1S/C28H26FOP/c1-2-11-26(31-27-17-10-9-16-25(27)29)24-19-22(20-12-5-3-6-13-20)18-23(28(24)30)21-14-7-4-8-15-21/h3-10,12-19,26,30-31H,2,11H2,1H3. The minimum atomic E-state index is -0.177. The van der Waals surface area contributed by atoms with Crippen molar-refractivity contribution in [1.82, 2.24) is 0 Å². The number of benzene rings is 4. The first-order chi connectivity index (χ1) is 15.2. The summed E-state index contributed by atoms with van der Waals surface area (Å²) in [6.07, 6.45) is 1.84. The van der Waals surface area contributed by atoms with Crippen LogP contribution in [0.15, 0.2) is 97.1 Å². The lowest BCUT2D eigenvalue weighted by atomic mass is 9.93. The molecular formula is C28H26FOP. The molecule has 4 aromatic carbocycles. The maximum Gasteiger partial charge on any atom is 0.130 e. The van der Waals surface area contributed by atoms with E-state index >= 15 is 0 Å². The van der Waals surface area contributed by atoms with Crippen molar-refractivity contribution < 1.29 is 9.50 Å². The molecule has 0 aliphatic rings. The highest BCUT2D eigenvalue weighted by atomic mass is 31.1. The first-order valence-corrected chi connectivity index (χ1v) is 11.7. The normalized spacial score (nSPS) is 12.3. The quantitative estimate of drug-likeness (QED) is 0.299. The molecule has 4 aromatic rings. The minimum Gasteiger partial charge on any atom is -0.507 e. The van der Waals surface area contributed by atoms with Crippen LogP contribution in [0.4, 0.5) is 4.39 Å². The monoisotopic (exact) mass is 428 g/mol. The van der Waals surface area contributed by atoms with E-state index in [0.29, 0.717) is 11.1 Å². The smallest absolute Gasteiger partial charge is 0.130 e. The molecule has 0 saturated carbocycles. The summed E-state index contributed by atoms with van der Waals surface area (Å²) in [7, 11) is 0.248. The number of hydrogen-bond donors (Lipinski definition) is 1. The third-order valence-electron chi connectivity index (χ3n) is 5.49. The van der Waals surface area contributed by atoms with Crippen molar-refractivity contribution in [2.24, 2.45) is 0 Å². The third kappa shape index (κ3) is 4.86. The molecule has 156 valence electrons. The summed E-state index contributed by atoms with van der Waals surface area (Å²) in [5.74, 6) is 0.122. The lowest BCUT2D eigenvalue weighted by molar-refractivity contribution is 0.468. The summed E-state index contributed by atoms with van der Waals surface area (Å²) in [5.41, 5.74) is 4.90. The van der Waals surface area contributed by atoms with Crippen molar-refractivity contribution in [3.05, 3.63) is 108 Å². The molecule has 3 heteroatoms. The Bertz CT molecular complexity index is 1140. The van der Waals surface area contributed by atoms with Crippen molar-refractivity contribution in [1.29, 1.82) is 0 Å². The lowest BCUT2D eigenvalue weighted by Gasteiger charge is -2.22. The summed E-state index contributed by atoms with van der Waals surface area (Å²) >= 11 is 0. The molecule has 1 N–H and O–H groups in total.